The van der Waals surface area contributed by atoms with E-state index in [0.29, 0.717) is 18.9 Å². The van der Waals surface area contributed by atoms with Crippen LogP contribution in [0.2, 0.25) is 0 Å². The van der Waals surface area contributed by atoms with Crippen LogP contribution in [0.25, 0.3) is 0 Å². The highest BCUT2D eigenvalue weighted by atomic mass is 16.5. The van der Waals surface area contributed by atoms with Crippen LogP contribution >= 0.6 is 0 Å². The Balaban J connectivity index is 1.13. The number of amidine groups is 1. The molecule has 4 aliphatic rings. The van der Waals surface area contributed by atoms with E-state index in [1.54, 1.807) is 0 Å². The van der Waals surface area contributed by atoms with Gasteiger partial charge in [0, 0.05) is 31.3 Å². The van der Waals surface area contributed by atoms with Gasteiger partial charge in [-0.15, -0.1) is 0 Å². The lowest BCUT2D eigenvalue weighted by Gasteiger charge is -2.37. The van der Waals surface area contributed by atoms with Gasteiger partial charge >= 0.3 is 0 Å². The van der Waals surface area contributed by atoms with Crippen molar-refractivity contribution < 1.29 is 9.53 Å². The van der Waals surface area contributed by atoms with Gasteiger partial charge in [0.05, 0.1) is 18.7 Å². The van der Waals surface area contributed by atoms with Gasteiger partial charge < -0.3 is 20.0 Å². The number of nitrogens with zero attached hydrogens (tertiary/aromatic N) is 3. The normalized spacial score (nSPS) is 26.1. The number of amides is 1. The van der Waals surface area contributed by atoms with Crippen LogP contribution in [-0.4, -0.2) is 46.5 Å². The lowest BCUT2D eigenvalue weighted by atomic mass is 9.99. The number of rotatable bonds is 9. The molecule has 0 bridgehead atoms. The third kappa shape index (κ3) is 4.95. The van der Waals surface area contributed by atoms with Crippen LogP contribution < -0.4 is 20.9 Å². The predicted molar refractivity (Wildman–Crippen MR) is 128 cm³/mol. The Morgan fingerprint density at radius 3 is 2.82 bits per heavy atom. The number of unbranched alkanes of at least 4 members (excludes halogenated alkanes) is 1. The number of nitrogens with one attached hydrogen (secondary N) is 3. The highest BCUT2D eigenvalue weighted by molar-refractivity contribution is 5.89. The minimum Gasteiger partial charge on any atom is -0.494 e. The maximum absolute atomic E-state index is 12.3. The number of hydrazine groups is 1. The van der Waals surface area contributed by atoms with E-state index in [2.05, 4.69) is 74.8 Å². The lowest BCUT2D eigenvalue weighted by molar-refractivity contribution is -0.121. The quantitative estimate of drug-likeness (QED) is 0.499. The van der Waals surface area contributed by atoms with Crippen molar-refractivity contribution in [3.05, 3.63) is 42.2 Å². The van der Waals surface area contributed by atoms with Gasteiger partial charge in [-0.2, -0.15) is 5.10 Å². The summed E-state index contributed by atoms with van der Waals surface area (Å²) in [5, 5.41) is 9.95. The monoisotopic (exact) mass is 452 g/mol. The third-order valence-corrected chi connectivity index (χ3v) is 7.16. The first-order valence-corrected chi connectivity index (χ1v) is 12.6. The van der Waals surface area contributed by atoms with Crippen LogP contribution in [0.4, 0.5) is 0 Å². The lowest BCUT2D eigenvalue weighted by Crippen LogP contribution is -2.54. The summed E-state index contributed by atoms with van der Waals surface area (Å²) in [6, 6.07) is 9.32. The topological polar surface area (TPSA) is 81.2 Å². The zero-order valence-corrected chi connectivity index (χ0v) is 19.5. The number of fused-ring (bicyclic) bond motifs is 3. The largest absolute Gasteiger partial charge is 0.494 e. The number of carbonyl (C=O) groups is 1. The summed E-state index contributed by atoms with van der Waals surface area (Å²) in [6.07, 6.45) is 13.2. The van der Waals surface area contributed by atoms with E-state index >= 15 is 0 Å². The number of benzene rings is 1. The first-order chi connectivity index (χ1) is 16.2. The van der Waals surface area contributed by atoms with Gasteiger partial charge in [0.2, 0.25) is 5.91 Å². The zero-order chi connectivity index (χ0) is 22.6. The average molecular weight is 453 g/mol. The molecule has 3 aliphatic heterocycles. The standard InChI is InChI=1S/C25H36N6O2/c1-2-3-16-33-20-10-8-18(9-11-20)21-17-22-25-28-27-23(30(25)14-15-31(22)29-21)12-13-24(32)26-19-6-4-5-7-19/h8-11,14-15,19,21-22,25,28-29H,2-7,12-13,16-17H2,1H3,(H,26,32). The predicted octanol–water partition coefficient (Wildman–Crippen LogP) is 3.35. The van der Waals surface area contributed by atoms with Crippen molar-refractivity contribution in [3.8, 4) is 5.75 Å². The van der Waals surface area contributed by atoms with Crippen molar-refractivity contribution in [1.82, 2.24) is 26.1 Å². The van der Waals surface area contributed by atoms with E-state index in [0.717, 1.165) is 50.3 Å². The molecule has 1 amide bonds. The number of hydrazone groups is 1. The van der Waals surface area contributed by atoms with E-state index in [9.17, 15) is 4.79 Å². The summed E-state index contributed by atoms with van der Waals surface area (Å²) < 4.78 is 5.80. The summed E-state index contributed by atoms with van der Waals surface area (Å²) in [5.41, 5.74) is 8.20. The van der Waals surface area contributed by atoms with Crippen LogP contribution in [0.3, 0.4) is 0 Å². The van der Waals surface area contributed by atoms with Gasteiger partial charge in [0.1, 0.15) is 17.8 Å². The first kappa shape index (κ1) is 22.1. The highest BCUT2D eigenvalue weighted by Crippen LogP contribution is 2.34. The number of hydrogen-bond acceptors (Lipinski definition) is 7. The van der Waals surface area contributed by atoms with E-state index in [4.69, 9.17) is 4.74 Å². The first-order valence-electron chi connectivity index (χ1n) is 12.6. The molecule has 3 unspecified atom stereocenters. The Morgan fingerprint density at radius 2 is 2.03 bits per heavy atom. The molecule has 1 aromatic carbocycles. The third-order valence-electron chi connectivity index (χ3n) is 7.16. The molecule has 1 aromatic rings. The fraction of sp³-hybridized carbons (Fsp3) is 0.600. The summed E-state index contributed by atoms with van der Waals surface area (Å²) >= 11 is 0. The maximum atomic E-state index is 12.3. The van der Waals surface area contributed by atoms with Crippen LogP contribution in [0.15, 0.2) is 41.8 Å². The van der Waals surface area contributed by atoms with Gasteiger partial charge in [0.25, 0.3) is 0 Å². The molecule has 1 saturated heterocycles. The Kier molecular flexibility index (Phi) is 6.71. The summed E-state index contributed by atoms with van der Waals surface area (Å²) in [7, 11) is 0. The van der Waals surface area contributed by atoms with Gasteiger partial charge in [-0.3, -0.25) is 10.2 Å². The minimum absolute atomic E-state index is 0.0806. The molecule has 5 rings (SSSR count). The fourth-order valence-corrected chi connectivity index (χ4v) is 5.25. The van der Waals surface area contributed by atoms with Crippen LogP contribution in [0.1, 0.15) is 76.3 Å². The minimum atomic E-state index is 0.0806. The smallest absolute Gasteiger partial charge is 0.220 e. The van der Waals surface area contributed by atoms with Gasteiger partial charge in [-0.05, 0) is 43.4 Å². The van der Waals surface area contributed by atoms with Crippen molar-refractivity contribution in [2.45, 2.75) is 89.0 Å². The molecule has 3 atom stereocenters. The Morgan fingerprint density at radius 1 is 1.21 bits per heavy atom. The second-order valence-electron chi connectivity index (χ2n) is 9.52. The molecule has 0 spiro atoms. The summed E-state index contributed by atoms with van der Waals surface area (Å²) in [5.74, 6) is 2.01. The van der Waals surface area contributed by atoms with Crippen LogP contribution in [0, 0.1) is 0 Å². The molecule has 33 heavy (non-hydrogen) atoms. The second-order valence-corrected chi connectivity index (χ2v) is 9.52. The SMILES string of the molecule is CCCCOc1ccc(C2CC3C4NN=C(CCC(=O)NC5CCCC5)N4C=CN3N2)cc1. The summed E-state index contributed by atoms with van der Waals surface area (Å²) in [6.45, 7) is 2.94. The van der Waals surface area contributed by atoms with Gasteiger partial charge in [-0.25, -0.2) is 5.43 Å². The van der Waals surface area contributed by atoms with Crippen molar-refractivity contribution in [2.75, 3.05) is 6.61 Å². The van der Waals surface area contributed by atoms with E-state index in [1.165, 1.54) is 18.4 Å². The zero-order valence-electron chi connectivity index (χ0n) is 19.5. The van der Waals surface area contributed by atoms with E-state index in [-0.39, 0.29) is 24.2 Å². The van der Waals surface area contributed by atoms with Gasteiger partial charge in [0.15, 0.2) is 0 Å². The van der Waals surface area contributed by atoms with Crippen molar-refractivity contribution in [3.63, 3.8) is 0 Å². The van der Waals surface area contributed by atoms with Crippen LogP contribution in [-0.2, 0) is 4.79 Å². The Bertz CT molecular complexity index is 879. The highest BCUT2D eigenvalue weighted by Gasteiger charge is 2.44. The van der Waals surface area contributed by atoms with Crippen molar-refractivity contribution in [2.24, 2.45) is 5.10 Å². The molecule has 178 valence electrons. The number of hydrogen-bond donors (Lipinski definition) is 3. The van der Waals surface area contributed by atoms with E-state index in [1.807, 2.05) is 0 Å². The Hall–Kier alpha value is -2.74. The molecule has 0 aromatic heterocycles. The molecule has 3 N–H and O–H groups in total. The van der Waals surface area contributed by atoms with Crippen LogP contribution in [0.5, 0.6) is 5.75 Å². The molecule has 2 fully saturated rings. The van der Waals surface area contributed by atoms with Crippen molar-refractivity contribution in [1.29, 1.82) is 0 Å². The molecular weight excluding hydrogens is 416 g/mol. The molecule has 3 heterocycles. The molecular formula is C25H36N6O2. The van der Waals surface area contributed by atoms with Crippen molar-refractivity contribution >= 4 is 11.7 Å². The number of ether oxygens (including phenoxy) is 1. The van der Waals surface area contributed by atoms with Gasteiger partial charge in [-0.1, -0.05) is 38.3 Å². The van der Waals surface area contributed by atoms with E-state index < -0.39 is 0 Å². The molecule has 1 aliphatic carbocycles. The molecule has 0 radical (unpaired) electrons. The molecule has 8 nitrogen and oxygen atoms in total. The molecule has 8 heteroatoms. The maximum Gasteiger partial charge on any atom is 0.220 e. The molecule has 1 saturated carbocycles. The summed E-state index contributed by atoms with van der Waals surface area (Å²) in [4.78, 5) is 14.5. The number of carbonyl (C=O) groups excluding carboxylic acids is 1. The second kappa shape index (κ2) is 10.0. The Labute approximate surface area is 196 Å². The fourth-order valence-electron chi connectivity index (χ4n) is 5.25. The average Bonchev–Trinajstić information content (AvgIpc) is 3.57.